The Bertz CT molecular complexity index is 332. The van der Waals surface area contributed by atoms with Gasteiger partial charge in [-0.2, -0.15) is 5.10 Å². The number of carbonyl (C=O) groups excluding carboxylic acids is 1. The Balaban J connectivity index is 2.53. The van der Waals surface area contributed by atoms with Gasteiger partial charge in [0.25, 0.3) is 0 Å². The minimum atomic E-state index is -0.641. The third-order valence-electron chi connectivity index (χ3n) is 1.66. The molecule has 0 saturated heterocycles. The third kappa shape index (κ3) is 3.71. The van der Waals surface area contributed by atoms with Crippen LogP contribution < -0.4 is 11.2 Å². The number of nitrogens with two attached hydrogens (primary N) is 1. The summed E-state index contributed by atoms with van der Waals surface area (Å²) in [5, 5.41) is 3.81. The van der Waals surface area contributed by atoms with E-state index in [4.69, 9.17) is 5.73 Å². The minimum Gasteiger partial charge on any atom is -0.350 e. The molecule has 0 aliphatic heterocycles. The van der Waals surface area contributed by atoms with Crippen LogP contribution in [0.2, 0.25) is 0 Å². The molecule has 3 N–H and O–H groups in total. The summed E-state index contributed by atoms with van der Waals surface area (Å²) in [6.45, 7) is 1.84. The van der Waals surface area contributed by atoms with Crippen LogP contribution in [0.25, 0.3) is 0 Å². The van der Waals surface area contributed by atoms with Gasteiger partial charge in [0.15, 0.2) is 0 Å². The maximum absolute atomic E-state index is 10.4. The molecule has 0 heterocycles. The minimum absolute atomic E-state index is 0.641. The Morgan fingerprint density at radius 1 is 1.43 bits per heavy atom. The summed E-state index contributed by atoms with van der Waals surface area (Å²) in [4.78, 5) is 10.4. The fraction of sp³-hybridized carbons (Fsp3) is 0.200. The van der Waals surface area contributed by atoms with E-state index in [9.17, 15) is 4.79 Å². The van der Waals surface area contributed by atoms with Crippen LogP contribution in [0.5, 0.6) is 0 Å². The van der Waals surface area contributed by atoms with Gasteiger partial charge in [-0.05, 0) is 12.5 Å². The van der Waals surface area contributed by atoms with E-state index in [1.54, 1.807) is 0 Å². The predicted octanol–water partition coefficient (Wildman–Crippen LogP) is 1.27. The quantitative estimate of drug-likeness (QED) is 0.548. The molecule has 1 rings (SSSR count). The van der Waals surface area contributed by atoms with E-state index in [-0.39, 0.29) is 0 Å². The van der Waals surface area contributed by atoms with E-state index >= 15 is 0 Å². The summed E-state index contributed by atoms with van der Waals surface area (Å²) in [5.41, 5.74) is 9.04. The van der Waals surface area contributed by atoms with Crippen molar-refractivity contribution in [1.82, 2.24) is 5.43 Å². The van der Waals surface area contributed by atoms with E-state index in [0.29, 0.717) is 6.42 Å². The average molecular weight is 191 g/mol. The van der Waals surface area contributed by atoms with Crippen molar-refractivity contribution in [1.29, 1.82) is 0 Å². The lowest BCUT2D eigenvalue weighted by atomic mass is 10.1. The van der Waals surface area contributed by atoms with Crippen molar-refractivity contribution in [3.05, 3.63) is 35.9 Å². The molecule has 0 spiro atoms. The first kappa shape index (κ1) is 10.2. The maximum atomic E-state index is 10.4. The van der Waals surface area contributed by atoms with Gasteiger partial charge in [0.05, 0.1) is 0 Å². The van der Waals surface area contributed by atoms with Gasteiger partial charge < -0.3 is 5.73 Å². The molecule has 2 amide bonds. The molecule has 0 fully saturated rings. The van der Waals surface area contributed by atoms with Crippen LogP contribution in [0.1, 0.15) is 12.5 Å². The van der Waals surface area contributed by atoms with Crippen LogP contribution in [0, 0.1) is 0 Å². The second-order valence-electron chi connectivity index (χ2n) is 2.99. The maximum Gasteiger partial charge on any atom is 0.332 e. The molecule has 0 aliphatic rings. The van der Waals surface area contributed by atoms with Crippen molar-refractivity contribution in [3.8, 4) is 0 Å². The van der Waals surface area contributed by atoms with Gasteiger partial charge in [-0.1, -0.05) is 30.3 Å². The smallest absolute Gasteiger partial charge is 0.332 e. The largest absolute Gasteiger partial charge is 0.350 e. The monoisotopic (exact) mass is 191 g/mol. The van der Waals surface area contributed by atoms with Gasteiger partial charge in [0.1, 0.15) is 0 Å². The Kier molecular flexibility index (Phi) is 3.67. The number of primary amides is 1. The second kappa shape index (κ2) is 5.01. The van der Waals surface area contributed by atoms with E-state index in [0.717, 1.165) is 11.3 Å². The summed E-state index contributed by atoms with van der Waals surface area (Å²) in [5.74, 6) is 0. The first-order valence-corrected chi connectivity index (χ1v) is 4.31. The molecule has 14 heavy (non-hydrogen) atoms. The molecular weight excluding hydrogens is 178 g/mol. The molecule has 0 bridgehead atoms. The lowest BCUT2D eigenvalue weighted by Gasteiger charge is -2.00. The van der Waals surface area contributed by atoms with Crippen molar-refractivity contribution in [2.24, 2.45) is 10.8 Å². The number of rotatable bonds is 3. The standard InChI is InChI=1S/C10H13N3O/c1-8(12-13-10(11)14)7-9-5-3-2-4-6-9/h2-6H,7H2,1H3,(H3,11,13,14)/b12-8+. The molecule has 0 radical (unpaired) electrons. The van der Waals surface area contributed by atoms with Crippen LogP contribution in [0.15, 0.2) is 35.4 Å². The molecule has 0 unspecified atom stereocenters. The van der Waals surface area contributed by atoms with Crippen LogP contribution in [0.4, 0.5) is 4.79 Å². The number of nitrogens with one attached hydrogen (secondary N) is 1. The lowest BCUT2D eigenvalue weighted by Crippen LogP contribution is -2.25. The molecule has 0 aromatic heterocycles. The first-order chi connectivity index (χ1) is 6.68. The summed E-state index contributed by atoms with van der Waals surface area (Å²) in [7, 11) is 0. The molecule has 74 valence electrons. The predicted molar refractivity (Wildman–Crippen MR) is 56.0 cm³/mol. The summed E-state index contributed by atoms with van der Waals surface area (Å²) in [6.07, 6.45) is 0.709. The van der Waals surface area contributed by atoms with E-state index < -0.39 is 6.03 Å². The number of hydrazone groups is 1. The number of nitrogens with zero attached hydrogens (tertiary/aromatic N) is 1. The zero-order chi connectivity index (χ0) is 10.4. The van der Waals surface area contributed by atoms with Crippen LogP contribution >= 0.6 is 0 Å². The molecule has 0 atom stereocenters. The zero-order valence-corrected chi connectivity index (χ0v) is 8.03. The van der Waals surface area contributed by atoms with Gasteiger partial charge in [-0.15, -0.1) is 0 Å². The Morgan fingerprint density at radius 3 is 2.64 bits per heavy atom. The van der Waals surface area contributed by atoms with Crippen molar-refractivity contribution >= 4 is 11.7 Å². The molecule has 4 heteroatoms. The molecule has 0 saturated carbocycles. The molecular formula is C10H13N3O. The first-order valence-electron chi connectivity index (χ1n) is 4.31. The van der Waals surface area contributed by atoms with E-state index in [1.165, 1.54) is 0 Å². The Labute approximate surface area is 82.8 Å². The van der Waals surface area contributed by atoms with Crippen molar-refractivity contribution in [2.45, 2.75) is 13.3 Å². The molecule has 1 aromatic carbocycles. The van der Waals surface area contributed by atoms with Crippen LogP contribution in [0.3, 0.4) is 0 Å². The summed E-state index contributed by atoms with van der Waals surface area (Å²) >= 11 is 0. The van der Waals surface area contributed by atoms with E-state index in [1.807, 2.05) is 37.3 Å². The highest BCUT2D eigenvalue weighted by Gasteiger charge is 1.95. The fourth-order valence-corrected chi connectivity index (χ4v) is 1.08. The van der Waals surface area contributed by atoms with Gasteiger partial charge in [-0.25, -0.2) is 10.2 Å². The highest BCUT2D eigenvalue weighted by Crippen LogP contribution is 2.00. The van der Waals surface area contributed by atoms with Crippen LogP contribution in [-0.2, 0) is 6.42 Å². The molecule has 4 nitrogen and oxygen atoms in total. The van der Waals surface area contributed by atoms with Gasteiger partial charge in [-0.3, -0.25) is 0 Å². The summed E-state index contributed by atoms with van der Waals surface area (Å²) < 4.78 is 0. The van der Waals surface area contributed by atoms with Gasteiger partial charge >= 0.3 is 6.03 Å². The summed E-state index contributed by atoms with van der Waals surface area (Å²) in [6, 6.07) is 9.25. The van der Waals surface area contributed by atoms with Gasteiger partial charge in [0.2, 0.25) is 0 Å². The van der Waals surface area contributed by atoms with E-state index in [2.05, 4.69) is 10.5 Å². The second-order valence-corrected chi connectivity index (χ2v) is 2.99. The van der Waals surface area contributed by atoms with Crippen LogP contribution in [-0.4, -0.2) is 11.7 Å². The molecule has 0 aliphatic carbocycles. The number of carbonyl (C=O) groups is 1. The normalized spacial score (nSPS) is 11.1. The average Bonchev–Trinajstić information content (AvgIpc) is 2.16. The van der Waals surface area contributed by atoms with Crippen molar-refractivity contribution < 1.29 is 4.79 Å². The Hall–Kier alpha value is -1.84. The topological polar surface area (TPSA) is 67.5 Å². The highest BCUT2D eigenvalue weighted by molar-refractivity contribution is 5.85. The molecule has 1 aromatic rings. The zero-order valence-electron chi connectivity index (χ0n) is 8.03. The number of benzene rings is 1. The van der Waals surface area contributed by atoms with Gasteiger partial charge in [0, 0.05) is 12.1 Å². The number of hydrogen-bond donors (Lipinski definition) is 2. The fourth-order valence-electron chi connectivity index (χ4n) is 1.08. The lowest BCUT2D eigenvalue weighted by molar-refractivity contribution is 0.249. The van der Waals surface area contributed by atoms with Crippen molar-refractivity contribution in [2.75, 3.05) is 0 Å². The third-order valence-corrected chi connectivity index (χ3v) is 1.66. The highest BCUT2D eigenvalue weighted by atomic mass is 16.2. The number of urea groups is 1. The van der Waals surface area contributed by atoms with Crippen molar-refractivity contribution in [3.63, 3.8) is 0 Å². The number of hydrogen-bond acceptors (Lipinski definition) is 2. The SMILES string of the molecule is C/C(Cc1ccccc1)=N\NC(N)=O. The Morgan fingerprint density at radius 2 is 2.07 bits per heavy atom. The number of amides is 2.